The highest BCUT2D eigenvalue weighted by Gasteiger charge is 2.57. The highest BCUT2D eigenvalue weighted by molar-refractivity contribution is 5.92. The highest BCUT2D eigenvalue weighted by atomic mass is 14.8. The van der Waals surface area contributed by atoms with Crippen LogP contribution in [0.2, 0.25) is 0 Å². The molecule has 1 heteroatoms. The molecule has 6 atom stereocenters. The third-order valence-electron chi connectivity index (χ3n) is 8.85. The van der Waals surface area contributed by atoms with E-state index in [9.17, 15) is 0 Å². The first-order valence-electron chi connectivity index (χ1n) is 10.7. The molecule has 3 fully saturated rings. The standard InChI is InChI=1S/C24H37N/c1-16(2)14-17-10-12-23(3)18(15-17)6-7-19-20-8-9-22(25-5)24(20,4)13-11-21(19)23/h6,17,19-21H,1,7-15H2,2-5H3. The number of allylic oxidation sites excluding steroid dienone is 3. The molecule has 0 aliphatic heterocycles. The Kier molecular flexibility index (Phi) is 4.28. The van der Waals surface area contributed by atoms with E-state index in [4.69, 9.17) is 4.99 Å². The fourth-order valence-corrected chi connectivity index (χ4v) is 7.56. The predicted molar refractivity (Wildman–Crippen MR) is 108 cm³/mol. The lowest BCUT2D eigenvalue weighted by Crippen LogP contribution is -2.50. The lowest BCUT2D eigenvalue weighted by atomic mass is 9.47. The Balaban J connectivity index is 1.60. The summed E-state index contributed by atoms with van der Waals surface area (Å²) in [5.41, 5.74) is 5.61. The average molecular weight is 340 g/mol. The molecule has 0 aromatic heterocycles. The molecular weight excluding hydrogens is 302 g/mol. The molecule has 0 radical (unpaired) electrons. The molecule has 0 spiro atoms. The Bertz CT molecular complexity index is 626. The van der Waals surface area contributed by atoms with Gasteiger partial charge in [0.2, 0.25) is 0 Å². The van der Waals surface area contributed by atoms with Crippen molar-refractivity contribution in [3.63, 3.8) is 0 Å². The monoisotopic (exact) mass is 339 g/mol. The third kappa shape index (κ3) is 2.60. The van der Waals surface area contributed by atoms with Gasteiger partial charge in [0.05, 0.1) is 0 Å². The van der Waals surface area contributed by atoms with Gasteiger partial charge < -0.3 is 0 Å². The minimum Gasteiger partial charge on any atom is -0.297 e. The first-order chi connectivity index (χ1) is 11.9. The van der Waals surface area contributed by atoms with Gasteiger partial charge in [-0.05, 0) is 93.8 Å². The number of nitrogens with zero attached hydrogens (tertiary/aromatic N) is 1. The van der Waals surface area contributed by atoms with Crippen molar-refractivity contribution in [3.05, 3.63) is 23.8 Å². The topological polar surface area (TPSA) is 12.4 Å². The molecule has 0 aromatic carbocycles. The quantitative estimate of drug-likeness (QED) is 0.502. The van der Waals surface area contributed by atoms with Gasteiger partial charge in [-0.3, -0.25) is 4.99 Å². The van der Waals surface area contributed by atoms with Gasteiger partial charge in [-0.15, -0.1) is 6.58 Å². The van der Waals surface area contributed by atoms with E-state index in [1.54, 1.807) is 0 Å². The number of hydrogen-bond donors (Lipinski definition) is 0. The number of hydrogen-bond acceptors (Lipinski definition) is 1. The molecule has 25 heavy (non-hydrogen) atoms. The lowest BCUT2D eigenvalue weighted by molar-refractivity contribution is -0.0111. The van der Waals surface area contributed by atoms with Crippen LogP contribution in [0.4, 0.5) is 0 Å². The summed E-state index contributed by atoms with van der Waals surface area (Å²) in [6.07, 6.45) is 14.9. The SMILES string of the molecule is C=C(C)CC1CCC2(C)C(=CCC3C2CCC2(C)C(=NC)CCC32)C1. The van der Waals surface area contributed by atoms with Crippen LogP contribution in [0, 0.1) is 34.5 Å². The van der Waals surface area contributed by atoms with Gasteiger partial charge in [-0.2, -0.15) is 0 Å². The second-order valence-corrected chi connectivity index (χ2v) is 10.2. The molecule has 0 N–H and O–H groups in total. The van der Waals surface area contributed by atoms with Gasteiger partial charge in [-0.1, -0.05) is 31.1 Å². The van der Waals surface area contributed by atoms with Crippen LogP contribution in [0.25, 0.3) is 0 Å². The summed E-state index contributed by atoms with van der Waals surface area (Å²) in [6, 6.07) is 0. The maximum Gasteiger partial charge on any atom is 0.0276 e. The van der Waals surface area contributed by atoms with Gasteiger partial charge in [0.25, 0.3) is 0 Å². The normalized spacial score (nSPS) is 47.7. The van der Waals surface area contributed by atoms with Gasteiger partial charge in [0.1, 0.15) is 0 Å². The molecule has 4 rings (SSSR count). The van der Waals surface area contributed by atoms with Crippen molar-refractivity contribution in [1.82, 2.24) is 0 Å². The van der Waals surface area contributed by atoms with Crippen molar-refractivity contribution in [2.45, 2.75) is 78.6 Å². The first-order valence-corrected chi connectivity index (χ1v) is 10.7. The third-order valence-corrected chi connectivity index (χ3v) is 8.85. The Labute approximate surface area is 155 Å². The van der Waals surface area contributed by atoms with Crippen molar-refractivity contribution in [2.75, 3.05) is 7.05 Å². The zero-order valence-corrected chi connectivity index (χ0v) is 16.9. The van der Waals surface area contributed by atoms with E-state index in [1.165, 1.54) is 69.1 Å². The van der Waals surface area contributed by atoms with E-state index in [0.29, 0.717) is 10.8 Å². The van der Waals surface area contributed by atoms with E-state index >= 15 is 0 Å². The fourth-order valence-electron chi connectivity index (χ4n) is 7.56. The zero-order chi connectivity index (χ0) is 17.8. The molecule has 0 heterocycles. The van der Waals surface area contributed by atoms with Crippen LogP contribution >= 0.6 is 0 Å². The summed E-state index contributed by atoms with van der Waals surface area (Å²) >= 11 is 0. The van der Waals surface area contributed by atoms with Crippen LogP contribution in [-0.2, 0) is 0 Å². The molecule has 3 saturated carbocycles. The van der Waals surface area contributed by atoms with Crippen LogP contribution in [0.15, 0.2) is 28.8 Å². The smallest absolute Gasteiger partial charge is 0.0276 e. The molecule has 4 aliphatic rings. The van der Waals surface area contributed by atoms with Gasteiger partial charge >= 0.3 is 0 Å². The molecule has 0 bridgehead atoms. The Hall–Kier alpha value is -0.850. The molecule has 138 valence electrons. The second-order valence-electron chi connectivity index (χ2n) is 10.2. The maximum atomic E-state index is 4.71. The van der Waals surface area contributed by atoms with E-state index < -0.39 is 0 Å². The first kappa shape index (κ1) is 17.6. The highest BCUT2D eigenvalue weighted by Crippen LogP contribution is 2.64. The Morgan fingerprint density at radius 2 is 1.88 bits per heavy atom. The predicted octanol–water partition coefficient (Wildman–Crippen LogP) is 6.60. The van der Waals surface area contributed by atoms with E-state index in [1.807, 2.05) is 12.6 Å². The molecule has 0 aromatic rings. The van der Waals surface area contributed by atoms with Crippen LogP contribution in [-0.4, -0.2) is 12.8 Å². The molecule has 6 unspecified atom stereocenters. The summed E-state index contributed by atoms with van der Waals surface area (Å²) in [4.78, 5) is 4.71. The number of aliphatic imine (C=N–C) groups is 1. The Morgan fingerprint density at radius 1 is 1.16 bits per heavy atom. The summed E-state index contributed by atoms with van der Waals surface area (Å²) in [6.45, 7) is 11.5. The van der Waals surface area contributed by atoms with Crippen molar-refractivity contribution in [1.29, 1.82) is 0 Å². The number of fused-ring (bicyclic) bond motifs is 5. The minimum atomic E-state index is 0.411. The summed E-state index contributed by atoms with van der Waals surface area (Å²) in [7, 11) is 2.03. The largest absolute Gasteiger partial charge is 0.297 e. The summed E-state index contributed by atoms with van der Waals surface area (Å²) < 4.78 is 0. The molecule has 4 aliphatic carbocycles. The van der Waals surface area contributed by atoms with E-state index in [2.05, 4.69) is 33.4 Å². The minimum absolute atomic E-state index is 0.411. The van der Waals surface area contributed by atoms with E-state index in [-0.39, 0.29) is 0 Å². The lowest BCUT2D eigenvalue weighted by Gasteiger charge is -2.57. The van der Waals surface area contributed by atoms with Crippen molar-refractivity contribution >= 4 is 5.71 Å². The van der Waals surface area contributed by atoms with Gasteiger partial charge in [0, 0.05) is 18.2 Å². The summed E-state index contributed by atoms with van der Waals surface area (Å²) in [5.74, 6) is 3.57. The molecule has 0 saturated heterocycles. The van der Waals surface area contributed by atoms with E-state index in [0.717, 1.165) is 23.7 Å². The van der Waals surface area contributed by atoms with Crippen LogP contribution in [0.3, 0.4) is 0 Å². The maximum absolute atomic E-state index is 4.71. The van der Waals surface area contributed by atoms with Crippen molar-refractivity contribution in [3.8, 4) is 0 Å². The molecule has 0 amide bonds. The van der Waals surface area contributed by atoms with Crippen molar-refractivity contribution in [2.24, 2.45) is 39.5 Å². The second kappa shape index (κ2) is 6.10. The van der Waals surface area contributed by atoms with Gasteiger partial charge in [-0.25, -0.2) is 0 Å². The van der Waals surface area contributed by atoms with Crippen LogP contribution in [0.1, 0.15) is 78.6 Å². The molecular formula is C24H37N. The van der Waals surface area contributed by atoms with Crippen LogP contribution < -0.4 is 0 Å². The fraction of sp³-hybridized carbons (Fsp3) is 0.792. The average Bonchev–Trinajstić information content (AvgIpc) is 2.91. The van der Waals surface area contributed by atoms with Crippen LogP contribution in [0.5, 0.6) is 0 Å². The zero-order valence-electron chi connectivity index (χ0n) is 16.9. The number of rotatable bonds is 2. The van der Waals surface area contributed by atoms with Gasteiger partial charge in [0.15, 0.2) is 0 Å². The van der Waals surface area contributed by atoms with Crippen molar-refractivity contribution < 1.29 is 0 Å². The summed E-state index contributed by atoms with van der Waals surface area (Å²) in [5, 5.41) is 0. The Morgan fingerprint density at radius 3 is 2.60 bits per heavy atom. The molecule has 1 nitrogen and oxygen atoms in total.